The molecular weight excluding hydrogens is 354 g/mol. The van der Waals surface area contributed by atoms with Crippen LogP contribution in [-0.2, 0) is 14.8 Å². The normalized spacial score (nSPS) is 15.6. The van der Waals surface area contributed by atoms with E-state index in [1.807, 2.05) is 0 Å². The van der Waals surface area contributed by atoms with Gasteiger partial charge in [0.25, 0.3) is 0 Å². The lowest BCUT2D eigenvalue weighted by Gasteiger charge is -2.17. The number of sulfonamides is 1. The standard InChI is InChI=1S/C18H19N3O4S/c22-17(14-4-2-9-19-13-14)7-8-18(23)20-15-5-1-6-16(12-15)21-10-3-11-26(21,24)25/h1-2,4-6,9,12-13H,3,7-8,10-11H2,(H,20,23). The maximum Gasteiger partial charge on any atom is 0.235 e. The monoisotopic (exact) mass is 373 g/mol. The lowest BCUT2D eigenvalue weighted by molar-refractivity contribution is -0.116. The van der Waals surface area contributed by atoms with Crippen molar-refractivity contribution >= 4 is 33.1 Å². The number of rotatable bonds is 6. The fourth-order valence-corrected chi connectivity index (χ4v) is 4.35. The third-order valence-electron chi connectivity index (χ3n) is 4.08. The van der Waals surface area contributed by atoms with E-state index in [4.69, 9.17) is 0 Å². The number of anilines is 2. The molecule has 0 spiro atoms. The minimum atomic E-state index is -3.27. The molecule has 136 valence electrons. The first kappa shape index (κ1) is 18.1. The van der Waals surface area contributed by atoms with Crippen molar-refractivity contribution < 1.29 is 18.0 Å². The van der Waals surface area contributed by atoms with Crippen LogP contribution in [0.1, 0.15) is 29.6 Å². The van der Waals surface area contributed by atoms with E-state index in [1.54, 1.807) is 42.6 Å². The molecule has 0 atom stereocenters. The Balaban J connectivity index is 1.60. The molecule has 0 unspecified atom stereocenters. The Morgan fingerprint density at radius 2 is 2.00 bits per heavy atom. The summed E-state index contributed by atoms with van der Waals surface area (Å²) in [6, 6.07) is 10.0. The molecule has 8 heteroatoms. The number of pyridine rings is 1. The van der Waals surface area contributed by atoms with E-state index in [0.29, 0.717) is 29.9 Å². The summed E-state index contributed by atoms with van der Waals surface area (Å²) in [5.74, 6) is -0.311. The van der Waals surface area contributed by atoms with Crippen LogP contribution in [0.2, 0.25) is 0 Å². The molecule has 2 aromatic rings. The van der Waals surface area contributed by atoms with Crippen molar-refractivity contribution in [2.24, 2.45) is 0 Å². The van der Waals surface area contributed by atoms with Gasteiger partial charge in [-0.25, -0.2) is 8.42 Å². The molecule has 1 aliphatic heterocycles. The van der Waals surface area contributed by atoms with E-state index in [9.17, 15) is 18.0 Å². The van der Waals surface area contributed by atoms with Gasteiger partial charge in [-0.3, -0.25) is 18.9 Å². The van der Waals surface area contributed by atoms with Crippen LogP contribution in [0.4, 0.5) is 11.4 Å². The Labute approximate surface area is 152 Å². The molecule has 0 saturated carbocycles. The summed E-state index contributed by atoms with van der Waals surface area (Å²) in [4.78, 5) is 28.0. The third kappa shape index (κ3) is 4.26. The number of Topliss-reactive ketones (excluding diaryl/α,β-unsaturated/α-hetero) is 1. The predicted molar refractivity (Wildman–Crippen MR) is 98.6 cm³/mol. The summed E-state index contributed by atoms with van der Waals surface area (Å²) < 4.78 is 25.4. The Morgan fingerprint density at radius 1 is 1.15 bits per heavy atom. The average Bonchev–Trinajstić information content (AvgIpc) is 3.00. The summed E-state index contributed by atoms with van der Waals surface area (Å²) in [6.45, 7) is 0.444. The maximum atomic E-state index is 12.1. The number of carbonyl (C=O) groups is 2. The number of benzene rings is 1. The van der Waals surface area contributed by atoms with Gasteiger partial charge in [-0.15, -0.1) is 0 Å². The van der Waals surface area contributed by atoms with E-state index < -0.39 is 10.0 Å². The first-order chi connectivity index (χ1) is 12.5. The highest BCUT2D eigenvalue weighted by Crippen LogP contribution is 2.26. The number of carbonyl (C=O) groups excluding carboxylic acids is 2. The number of nitrogens with zero attached hydrogens (tertiary/aromatic N) is 2. The largest absolute Gasteiger partial charge is 0.326 e. The van der Waals surface area contributed by atoms with E-state index in [-0.39, 0.29) is 30.3 Å². The van der Waals surface area contributed by atoms with Crippen LogP contribution in [0, 0.1) is 0 Å². The van der Waals surface area contributed by atoms with Crippen LogP contribution < -0.4 is 9.62 Å². The zero-order chi connectivity index (χ0) is 18.6. The highest BCUT2D eigenvalue weighted by Gasteiger charge is 2.28. The average molecular weight is 373 g/mol. The van der Waals surface area contributed by atoms with E-state index in [0.717, 1.165) is 0 Å². The molecule has 26 heavy (non-hydrogen) atoms. The highest BCUT2D eigenvalue weighted by atomic mass is 32.2. The number of hydrogen-bond donors (Lipinski definition) is 1. The number of aromatic nitrogens is 1. The third-order valence-corrected chi connectivity index (χ3v) is 5.95. The van der Waals surface area contributed by atoms with Gasteiger partial charge in [0.15, 0.2) is 5.78 Å². The Kier molecular flexibility index (Phi) is 5.32. The van der Waals surface area contributed by atoms with E-state index in [1.165, 1.54) is 10.5 Å². The second kappa shape index (κ2) is 7.65. The van der Waals surface area contributed by atoms with Gasteiger partial charge in [-0.2, -0.15) is 0 Å². The molecule has 1 aromatic carbocycles. The van der Waals surface area contributed by atoms with Crippen molar-refractivity contribution in [3.05, 3.63) is 54.4 Å². The molecule has 0 aliphatic carbocycles. The van der Waals surface area contributed by atoms with E-state index in [2.05, 4.69) is 10.3 Å². The van der Waals surface area contributed by atoms with Gasteiger partial charge < -0.3 is 5.32 Å². The predicted octanol–water partition coefficient (Wildman–Crippen LogP) is 2.22. The molecule has 1 fully saturated rings. The summed E-state index contributed by atoms with van der Waals surface area (Å²) in [5, 5.41) is 2.71. The first-order valence-corrected chi connectivity index (χ1v) is 9.90. The van der Waals surface area contributed by atoms with Crippen molar-refractivity contribution in [1.82, 2.24) is 4.98 Å². The minimum absolute atomic E-state index is 0.0416. The van der Waals surface area contributed by atoms with Gasteiger partial charge in [0.1, 0.15) is 0 Å². The van der Waals surface area contributed by atoms with Crippen LogP contribution in [-0.4, -0.2) is 37.4 Å². The van der Waals surface area contributed by atoms with Crippen LogP contribution in [0.15, 0.2) is 48.8 Å². The second-order valence-corrected chi connectivity index (χ2v) is 8.02. The molecule has 7 nitrogen and oxygen atoms in total. The Bertz CT molecular complexity index is 913. The zero-order valence-electron chi connectivity index (χ0n) is 14.1. The van der Waals surface area contributed by atoms with Gasteiger partial charge in [0.2, 0.25) is 15.9 Å². The van der Waals surface area contributed by atoms with Crippen LogP contribution in [0.25, 0.3) is 0 Å². The van der Waals surface area contributed by atoms with Crippen molar-refractivity contribution in [2.45, 2.75) is 19.3 Å². The zero-order valence-corrected chi connectivity index (χ0v) is 14.9. The smallest absolute Gasteiger partial charge is 0.235 e. The molecule has 1 aliphatic rings. The van der Waals surface area contributed by atoms with E-state index >= 15 is 0 Å². The molecule has 0 radical (unpaired) electrons. The number of amides is 1. The molecule has 0 bridgehead atoms. The summed E-state index contributed by atoms with van der Waals surface area (Å²) in [7, 11) is -3.27. The second-order valence-electron chi connectivity index (χ2n) is 6.01. The van der Waals surface area contributed by atoms with Gasteiger partial charge in [0.05, 0.1) is 11.4 Å². The molecule has 1 N–H and O–H groups in total. The summed E-state index contributed by atoms with van der Waals surface area (Å²) in [6.07, 6.45) is 3.77. The van der Waals surface area contributed by atoms with Crippen LogP contribution >= 0.6 is 0 Å². The fourth-order valence-electron chi connectivity index (χ4n) is 2.79. The van der Waals surface area contributed by atoms with Crippen molar-refractivity contribution in [3.63, 3.8) is 0 Å². The van der Waals surface area contributed by atoms with Crippen LogP contribution in [0.5, 0.6) is 0 Å². The minimum Gasteiger partial charge on any atom is -0.326 e. The lowest BCUT2D eigenvalue weighted by atomic mass is 10.1. The Morgan fingerprint density at radius 3 is 2.69 bits per heavy atom. The van der Waals surface area contributed by atoms with Crippen molar-refractivity contribution in [2.75, 3.05) is 21.9 Å². The molecule has 3 rings (SSSR count). The molecule has 1 saturated heterocycles. The maximum absolute atomic E-state index is 12.1. The quantitative estimate of drug-likeness (QED) is 0.783. The van der Waals surface area contributed by atoms with Gasteiger partial charge >= 0.3 is 0 Å². The topological polar surface area (TPSA) is 96.4 Å². The lowest BCUT2D eigenvalue weighted by Crippen LogP contribution is -2.25. The van der Waals surface area contributed by atoms with Gasteiger partial charge in [0, 0.05) is 43.0 Å². The first-order valence-electron chi connectivity index (χ1n) is 8.29. The van der Waals surface area contributed by atoms with Crippen molar-refractivity contribution in [1.29, 1.82) is 0 Å². The SMILES string of the molecule is O=C(CCC(=O)c1cccnc1)Nc1cccc(N2CCCS2(=O)=O)c1. The van der Waals surface area contributed by atoms with Gasteiger partial charge in [-0.1, -0.05) is 6.07 Å². The highest BCUT2D eigenvalue weighted by molar-refractivity contribution is 7.93. The van der Waals surface area contributed by atoms with Gasteiger partial charge in [-0.05, 0) is 36.8 Å². The van der Waals surface area contributed by atoms with Crippen molar-refractivity contribution in [3.8, 4) is 0 Å². The molecule has 1 aromatic heterocycles. The fraction of sp³-hybridized carbons (Fsp3) is 0.278. The number of nitrogens with one attached hydrogen (secondary N) is 1. The van der Waals surface area contributed by atoms with Crippen LogP contribution in [0.3, 0.4) is 0 Å². The number of hydrogen-bond acceptors (Lipinski definition) is 5. The number of ketones is 1. The Hall–Kier alpha value is -2.74. The summed E-state index contributed by atoms with van der Waals surface area (Å²) >= 11 is 0. The molecular formula is C18H19N3O4S. The summed E-state index contributed by atoms with van der Waals surface area (Å²) in [5.41, 5.74) is 1.51. The molecule has 2 heterocycles. The molecule has 1 amide bonds.